The van der Waals surface area contributed by atoms with Crippen LogP contribution in [0.2, 0.25) is 0 Å². The molecule has 348 valence electrons. The summed E-state index contributed by atoms with van der Waals surface area (Å²) < 4.78 is -64.1. The van der Waals surface area contributed by atoms with E-state index in [4.69, 9.17) is 429 Å². The van der Waals surface area contributed by atoms with Gasteiger partial charge in [-0.25, -0.2) is 4.79 Å². The maximum absolute atomic E-state index is 11.8. The summed E-state index contributed by atoms with van der Waals surface area (Å²) in [5, 5.41) is 9.52. The smallest absolute Gasteiger partial charge is 0.343 e. The van der Waals surface area contributed by atoms with Gasteiger partial charge in [0.25, 0.3) is 0 Å². The number of halogens is 37. The Morgan fingerprint density at radius 1 is 0.207 bits per heavy atom. The first-order valence-electron chi connectivity index (χ1n) is 11.9. The standard InChI is InChI=1S/C19HCl37O2/c20-2(21,1(57)58)3(22,23)4(24,25)5(26,27)6(28,29)7(30,31)8(32,33)9(34,35)10(36,37)11(38,39)12(40,41)13(42,43)14(44,45)15(46,47)16(48,49)17(50,51)18(52,53)19(54,55)56/h(H,57,58). The monoisotopic (exact) mass is 1550 g/mol. The number of carboxylic acid groups (broad SMARTS) is 1. The van der Waals surface area contributed by atoms with Gasteiger partial charge in [0.2, 0.25) is 12.5 Å². The Morgan fingerprint density at radius 3 is 0.414 bits per heavy atom. The molecular weight excluding hydrogens is 1570 g/mol. The highest BCUT2D eigenvalue weighted by molar-refractivity contribution is 6.86. The second-order valence-electron chi connectivity index (χ2n) is 10.6. The van der Waals surface area contributed by atoms with Crippen molar-refractivity contribution in [1.82, 2.24) is 0 Å². The molecule has 0 fully saturated rings. The number of rotatable bonds is 17. The zero-order valence-electron chi connectivity index (χ0n) is 24.3. The molecule has 39 heteroatoms. The molecule has 0 radical (unpaired) electrons. The molecule has 0 bridgehead atoms. The van der Waals surface area contributed by atoms with Crippen molar-refractivity contribution < 1.29 is 9.90 Å². The van der Waals surface area contributed by atoms with E-state index in [-0.39, 0.29) is 0 Å². The summed E-state index contributed by atoms with van der Waals surface area (Å²) in [7, 11) is 0. The van der Waals surface area contributed by atoms with Gasteiger partial charge in [0.1, 0.15) is 0 Å². The molecule has 0 rings (SSSR count). The fourth-order valence-electron chi connectivity index (χ4n) is 3.27. The van der Waals surface area contributed by atoms with Gasteiger partial charge in [0, 0.05) is 0 Å². The first-order valence-corrected chi connectivity index (χ1v) is 25.9. The summed E-state index contributed by atoms with van der Waals surface area (Å²) in [6.45, 7) is 0. The van der Waals surface area contributed by atoms with Crippen LogP contribution >= 0.6 is 429 Å². The van der Waals surface area contributed by atoms with Gasteiger partial charge >= 0.3 is 5.97 Å². The maximum atomic E-state index is 11.8. The zero-order valence-corrected chi connectivity index (χ0v) is 52.3. The summed E-state index contributed by atoms with van der Waals surface area (Å²) >= 11 is 234. The Hall–Kier alpha value is 10.2. The maximum Gasteiger partial charge on any atom is 0.343 e. The molecule has 0 spiro atoms. The lowest BCUT2D eigenvalue weighted by Gasteiger charge is -2.59. The third-order valence-electron chi connectivity index (χ3n) is 6.93. The van der Waals surface area contributed by atoms with Gasteiger partial charge < -0.3 is 5.11 Å². The van der Waals surface area contributed by atoms with Crippen molar-refractivity contribution in [2.24, 2.45) is 0 Å². The number of carbonyl (C=O) groups is 1. The molecule has 0 aromatic rings. The van der Waals surface area contributed by atoms with Crippen LogP contribution in [0, 0.1) is 0 Å². The SMILES string of the molecule is O=C(O)C(Cl)(Cl)C(Cl)(Cl)C(Cl)(Cl)C(Cl)(Cl)C(Cl)(Cl)C(Cl)(Cl)C(Cl)(Cl)C(Cl)(Cl)C(Cl)(Cl)C(Cl)(Cl)C(Cl)(Cl)C(Cl)(Cl)C(Cl)(Cl)C(Cl)(Cl)C(Cl)(Cl)C(Cl)(Cl)C(Cl)(Cl)C(Cl)(Cl)Cl. The van der Waals surface area contributed by atoms with Crippen molar-refractivity contribution in [3.8, 4) is 0 Å². The lowest BCUT2D eigenvalue weighted by atomic mass is 9.96. The van der Waals surface area contributed by atoms with Crippen molar-refractivity contribution in [2.45, 2.75) is 77.5 Å². The van der Waals surface area contributed by atoms with Crippen LogP contribution in [0.1, 0.15) is 0 Å². The Bertz CT molecular complexity index is 1540. The minimum Gasteiger partial charge on any atom is -0.479 e. The van der Waals surface area contributed by atoms with Crippen molar-refractivity contribution in [3.05, 3.63) is 0 Å². The van der Waals surface area contributed by atoms with Crippen LogP contribution in [-0.2, 0) is 4.79 Å². The summed E-state index contributed by atoms with van der Waals surface area (Å²) in [6.07, 6.45) is 0. The van der Waals surface area contributed by atoms with Gasteiger partial charge in [-0.2, -0.15) is 0 Å². The van der Waals surface area contributed by atoms with Crippen molar-refractivity contribution >= 4 is 435 Å². The molecule has 0 saturated carbocycles. The van der Waals surface area contributed by atoms with E-state index in [0.717, 1.165) is 0 Å². The van der Waals surface area contributed by atoms with Gasteiger partial charge in [0.15, 0.2) is 65.0 Å². The topological polar surface area (TPSA) is 37.3 Å². The predicted molar refractivity (Wildman–Crippen MR) is 273 cm³/mol. The molecule has 0 heterocycles. The summed E-state index contributed by atoms with van der Waals surface area (Å²) in [4.78, 5) is 11.8. The van der Waals surface area contributed by atoms with E-state index in [1.165, 1.54) is 0 Å². The number of alkyl halides is 37. The van der Waals surface area contributed by atoms with Crippen LogP contribution in [-0.4, -0.2) is 88.5 Å². The Balaban J connectivity index is 7.90. The number of aliphatic carboxylic acids is 1. The largest absolute Gasteiger partial charge is 0.479 e. The number of hydrogen-bond acceptors (Lipinski definition) is 1. The molecule has 58 heavy (non-hydrogen) atoms. The summed E-state index contributed by atoms with van der Waals surface area (Å²) in [5.74, 6) is -2.20. The highest BCUT2D eigenvalue weighted by Gasteiger charge is 2.88. The molecule has 0 aliphatic rings. The first-order chi connectivity index (χ1) is 24.2. The highest BCUT2D eigenvalue weighted by atomic mass is 35.6. The molecule has 0 aromatic heterocycles. The Morgan fingerprint density at radius 2 is 0.310 bits per heavy atom. The molecule has 0 aliphatic carbocycles. The van der Waals surface area contributed by atoms with E-state index in [1.807, 2.05) is 0 Å². The van der Waals surface area contributed by atoms with E-state index >= 15 is 0 Å². The first kappa shape index (κ1) is 68.2. The molecule has 0 unspecified atom stereocenters. The zero-order chi connectivity index (χ0) is 48.6. The molecular formula is C19HCl37O2. The number of hydrogen-bond donors (Lipinski definition) is 1. The average Bonchev–Trinajstić information content (AvgIpc) is 2.98. The molecule has 0 saturated heterocycles. The average molecular weight is 1570 g/mol. The van der Waals surface area contributed by atoms with Crippen LogP contribution < -0.4 is 0 Å². The molecule has 0 amide bonds. The Kier molecular flexibility index (Phi) is 23.6. The quantitative estimate of drug-likeness (QED) is 0.147. The van der Waals surface area contributed by atoms with E-state index in [2.05, 4.69) is 0 Å². The van der Waals surface area contributed by atoms with E-state index in [9.17, 15) is 9.90 Å². The molecule has 0 atom stereocenters. The van der Waals surface area contributed by atoms with Gasteiger partial charge in [-0.15, -0.1) is 0 Å². The fourth-order valence-corrected chi connectivity index (χ4v) is 15.8. The lowest BCUT2D eigenvalue weighted by molar-refractivity contribution is -0.138. The minimum absolute atomic E-state index is 2.20. The molecule has 0 aromatic carbocycles. The third kappa shape index (κ3) is 9.83. The summed E-state index contributed by atoms with van der Waals surface area (Å²) in [5.41, 5.74) is 0. The third-order valence-corrected chi connectivity index (χ3v) is 33.6. The molecule has 2 nitrogen and oxygen atoms in total. The van der Waals surface area contributed by atoms with E-state index in [0.29, 0.717) is 0 Å². The van der Waals surface area contributed by atoms with Crippen LogP contribution in [0.3, 0.4) is 0 Å². The van der Waals surface area contributed by atoms with Crippen molar-refractivity contribution in [1.29, 1.82) is 0 Å². The normalized spacial score (nSPS) is 17.2. The van der Waals surface area contributed by atoms with Crippen LogP contribution in [0.5, 0.6) is 0 Å². The van der Waals surface area contributed by atoms with Gasteiger partial charge in [-0.05, 0) is 0 Å². The molecule has 1 N–H and O–H groups in total. The second-order valence-corrected chi connectivity index (χ2v) is 35.4. The van der Waals surface area contributed by atoms with Gasteiger partial charge in [-0.3, -0.25) is 0 Å². The fraction of sp³-hybridized carbons (Fsp3) is 0.947. The summed E-state index contributed by atoms with van der Waals surface area (Å²) in [6, 6.07) is 0. The van der Waals surface area contributed by atoms with Crippen LogP contribution in [0.4, 0.5) is 0 Å². The highest BCUT2D eigenvalue weighted by Crippen LogP contribution is 2.79. The van der Waals surface area contributed by atoms with Crippen LogP contribution in [0.15, 0.2) is 0 Å². The van der Waals surface area contributed by atoms with Crippen molar-refractivity contribution in [2.75, 3.05) is 0 Å². The van der Waals surface area contributed by atoms with Gasteiger partial charge in [0.05, 0.1) is 0 Å². The minimum atomic E-state index is -3.77. The lowest BCUT2D eigenvalue weighted by Crippen LogP contribution is -2.76. The van der Waals surface area contributed by atoms with E-state index < -0.39 is 83.4 Å². The number of carboxylic acids is 1. The second kappa shape index (κ2) is 20.0. The van der Waals surface area contributed by atoms with Crippen molar-refractivity contribution in [3.63, 3.8) is 0 Å². The van der Waals surface area contributed by atoms with E-state index in [1.54, 1.807) is 0 Å². The van der Waals surface area contributed by atoms with Gasteiger partial charge in [-0.1, -0.05) is 429 Å². The Labute approximate surface area is 513 Å². The predicted octanol–water partition coefficient (Wildman–Crippen LogP) is 21.4. The molecule has 0 aliphatic heterocycles. The van der Waals surface area contributed by atoms with Crippen LogP contribution in [0.25, 0.3) is 0 Å².